The van der Waals surface area contributed by atoms with Crippen LogP contribution in [0.25, 0.3) is 21.7 Å². The zero-order chi connectivity index (χ0) is 13.4. The molecule has 0 aliphatic rings. The zero-order valence-electron chi connectivity index (χ0n) is 10.4. The van der Waals surface area contributed by atoms with Crippen LogP contribution in [0.3, 0.4) is 0 Å². The Morgan fingerprint density at radius 2 is 2.26 bits per heavy atom. The number of rotatable bonds is 2. The van der Waals surface area contributed by atoms with Gasteiger partial charge in [0.15, 0.2) is 0 Å². The summed E-state index contributed by atoms with van der Waals surface area (Å²) in [6, 6.07) is 5.39. The van der Waals surface area contributed by atoms with Gasteiger partial charge in [-0.3, -0.25) is 0 Å². The summed E-state index contributed by atoms with van der Waals surface area (Å²) in [5.41, 5.74) is 1.89. The summed E-state index contributed by atoms with van der Waals surface area (Å²) in [7, 11) is 1.36. The molecule has 0 saturated carbocycles. The highest BCUT2D eigenvalue weighted by atomic mass is 32.1. The number of aromatic nitrogens is 3. The molecule has 0 fully saturated rings. The summed E-state index contributed by atoms with van der Waals surface area (Å²) in [5, 5.41) is 0.976. The molecular formula is C13H11N3O2S. The van der Waals surface area contributed by atoms with Crippen molar-refractivity contribution in [1.82, 2.24) is 15.0 Å². The van der Waals surface area contributed by atoms with Crippen LogP contribution >= 0.6 is 11.3 Å². The van der Waals surface area contributed by atoms with Gasteiger partial charge in [0, 0.05) is 6.20 Å². The van der Waals surface area contributed by atoms with E-state index in [1.165, 1.54) is 7.11 Å². The Labute approximate surface area is 113 Å². The number of imidazole rings is 1. The Balaban J connectivity index is 2.18. The molecule has 0 radical (unpaired) electrons. The van der Waals surface area contributed by atoms with Gasteiger partial charge in [-0.05, 0) is 19.1 Å². The zero-order valence-corrected chi connectivity index (χ0v) is 11.2. The summed E-state index contributed by atoms with van der Waals surface area (Å²) in [5.74, 6) is 0.334. The van der Waals surface area contributed by atoms with Crippen molar-refractivity contribution in [3.8, 4) is 10.7 Å². The Bertz CT molecular complexity index is 760. The van der Waals surface area contributed by atoms with E-state index in [-0.39, 0.29) is 5.97 Å². The predicted octanol–water partition coefficient (Wildman–Crippen LogP) is 2.78. The lowest BCUT2D eigenvalue weighted by molar-refractivity contribution is 0.0603. The summed E-state index contributed by atoms with van der Waals surface area (Å²) < 4.78 is 4.76. The number of hydrogen-bond donors (Lipinski definition) is 1. The second-order valence-electron chi connectivity index (χ2n) is 4.02. The number of ether oxygens (including phenoxy) is 1. The standard InChI is InChI=1S/C13H11N3O2S/c1-7-14-6-10(19-7)12-15-9-5-3-4-8(11(9)16-12)13(17)18-2/h3-6H,1-2H3,(H,15,16). The molecule has 0 spiro atoms. The maximum atomic E-state index is 11.7. The number of nitrogens with zero attached hydrogens (tertiary/aromatic N) is 2. The maximum absolute atomic E-state index is 11.7. The van der Waals surface area contributed by atoms with Crippen LogP contribution in [0.5, 0.6) is 0 Å². The molecule has 0 aliphatic carbocycles. The molecule has 0 saturated heterocycles. The van der Waals surface area contributed by atoms with E-state index in [9.17, 15) is 4.79 Å². The SMILES string of the molecule is COC(=O)c1cccc2[nH]c(-c3cnc(C)s3)nc12. The van der Waals surface area contributed by atoms with E-state index in [1.54, 1.807) is 29.7 Å². The quantitative estimate of drug-likeness (QED) is 0.729. The minimum Gasteiger partial charge on any atom is -0.465 e. The lowest BCUT2D eigenvalue weighted by atomic mass is 10.2. The molecule has 96 valence electrons. The molecule has 2 aromatic heterocycles. The van der Waals surface area contributed by atoms with Gasteiger partial charge in [0.25, 0.3) is 0 Å². The number of esters is 1. The fourth-order valence-corrected chi connectivity index (χ4v) is 2.62. The van der Waals surface area contributed by atoms with Crippen LogP contribution in [0.4, 0.5) is 0 Å². The molecule has 6 heteroatoms. The predicted molar refractivity (Wildman–Crippen MR) is 73.3 cm³/mol. The number of para-hydroxylation sites is 1. The first-order valence-corrected chi connectivity index (χ1v) is 6.50. The van der Waals surface area contributed by atoms with E-state index in [1.807, 2.05) is 13.0 Å². The maximum Gasteiger partial charge on any atom is 0.340 e. The molecule has 3 aromatic rings. The summed E-state index contributed by atoms with van der Waals surface area (Å²) in [6.45, 7) is 1.94. The molecule has 2 heterocycles. The minimum absolute atomic E-state index is 0.385. The number of fused-ring (bicyclic) bond motifs is 1. The van der Waals surface area contributed by atoms with Gasteiger partial charge >= 0.3 is 5.97 Å². The number of nitrogens with one attached hydrogen (secondary N) is 1. The molecule has 0 amide bonds. The lowest BCUT2D eigenvalue weighted by Gasteiger charge is -1.98. The molecule has 0 aliphatic heterocycles. The third-order valence-corrected chi connectivity index (χ3v) is 3.69. The van der Waals surface area contributed by atoms with Gasteiger partial charge in [0.1, 0.15) is 11.3 Å². The molecule has 1 aromatic carbocycles. The third-order valence-electron chi connectivity index (χ3n) is 2.77. The van der Waals surface area contributed by atoms with E-state index in [2.05, 4.69) is 15.0 Å². The number of carbonyl (C=O) groups is 1. The number of carbonyl (C=O) groups excluding carboxylic acids is 1. The van der Waals surface area contributed by atoms with Crippen LogP contribution in [0.15, 0.2) is 24.4 Å². The minimum atomic E-state index is -0.385. The van der Waals surface area contributed by atoms with Gasteiger partial charge in [-0.1, -0.05) is 6.07 Å². The third kappa shape index (κ3) is 2.00. The summed E-state index contributed by atoms with van der Waals surface area (Å²) >= 11 is 1.56. The van der Waals surface area contributed by atoms with E-state index in [4.69, 9.17) is 4.74 Å². The monoisotopic (exact) mass is 273 g/mol. The largest absolute Gasteiger partial charge is 0.465 e. The topological polar surface area (TPSA) is 67.9 Å². The van der Waals surface area contributed by atoms with Gasteiger partial charge in [-0.15, -0.1) is 11.3 Å². The van der Waals surface area contributed by atoms with Crippen LogP contribution in [-0.4, -0.2) is 28.0 Å². The Kier molecular flexibility index (Phi) is 2.79. The van der Waals surface area contributed by atoms with Gasteiger partial charge < -0.3 is 9.72 Å². The van der Waals surface area contributed by atoms with Crippen molar-refractivity contribution in [1.29, 1.82) is 0 Å². The van der Waals surface area contributed by atoms with Crippen LogP contribution in [-0.2, 0) is 4.74 Å². The first kappa shape index (κ1) is 11.9. The molecule has 0 bridgehead atoms. The molecule has 3 rings (SSSR count). The number of thiazole rings is 1. The van der Waals surface area contributed by atoms with Gasteiger partial charge in [0.05, 0.1) is 28.1 Å². The lowest BCUT2D eigenvalue weighted by Crippen LogP contribution is -2.01. The average Bonchev–Trinajstić information content (AvgIpc) is 3.02. The summed E-state index contributed by atoms with van der Waals surface area (Å²) in [6.07, 6.45) is 1.77. The van der Waals surface area contributed by atoms with E-state index < -0.39 is 0 Å². The van der Waals surface area contributed by atoms with Gasteiger partial charge in [-0.2, -0.15) is 0 Å². The van der Waals surface area contributed by atoms with Crippen molar-refractivity contribution in [2.45, 2.75) is 6.92 Å². The van der Waals surface area contributed by atoms with E-state index in [0.717, 1.165) is 21.2 Å². The number of H-pyrrole nitrogens is 1. The Morgan fingerprint density at radius 1 is 1.42 bits per heavy atom. The number of aromatic amines is 1. The Hall–Kier alpha value is -2.21. The van der Waals surface area contributed by atoms with Crippen molar-refractivity contribution >= 4 is 28.3 Å². The first-order valence-electron chi connectivity index (χ1n) is 5.69. The number of hydrogen-bond acceptors (Lipinski definition) is 5. The van der Waals surface area contributed by atoms with Gasteiger partial charge in [-0.25, -0.2) is 14.8 Å². The molecule has 0 atom stereocenters. The normalized spacial score (nSPS) is 10.8. The Morgan fingerprint density at radius 3 is 2.95 bits per heavy atom. The highest BCUT2D eigenvalue weighted by Crippen LogP contribution is 2.27. The molecule has 19 heavy (non-hydrogen) atoms. The highest BCUT2D eigenvalue weighted by Gasteiger charge is 2.15. The highest BCUT2D eigenvalue weighted by molar-refractivity contribution is 7.14. The fraction of sp³-hybridized carbons (Fsp3) is 0.154. The fourth-order valence-electron chi connectivity index (χ4n) is 1.89. The number of aryl methyl sites for hydroxylation is 1. The van der Waals surface area contributed by atoms with Crippen LogP contribution < -0.4 is 0 Å². The van der Waals surface area contributed by atoms with Crippen molar-refractivity contribution in [3.63, 3.8) is 0 Å². The molecule has 5 nitrogen and oxygen atoms in total. The van der Waals surface area contributed by atoms with E-state index >= 15 is 0 Å². The number of methoxy groups -OCH3 is 1. The smallest absolute Gasteiger partial charge is 0.340 e. The van der Waals surface area contributed by atoms with Gasteiger partial charge in [0.2, 0.25) is 0 Å². The van der Waals surface area contributed by atoms with Crippen molar-refractivity contribution in [2.75, 3.05) is 7.11 Å². The average molecular weight is 273 g/mol. The summed E-state index contributed by atoms with van der Waals surface area (Å²) in [4.78, 5) is 24.5. The van der Waals surface area contributed by atoms with E-state index in [0.29, 0.717) is 11.1 Å². The van der Waals surface area contributed by atoms with Crippen molar-refractivity contribution in [2.24, 2.45) is 0 Å². The molecule has 0 unspecified atom stereocenters. The first-order chi connectivity index (χ1) is 9.19. The second kappa shape index (κ2) is 4.47. The van der Waals surface area contributed by atoms with Crippen molar-refractivity contribution < 1.29 is 9.53 Å². The molecule has 1 N–H and O–H groups in total. The number of benzene rings is 1. The van der Waals surface area contributed by atoms with Crippen LogP contribution in [0, 0.1) is 6.92 Å². The van der Waals surface area contributed by atoms with Crippen LogP contribution in [0.2, 0.25) is 0 Å². The van der Waals surface area contributed by atoms with Crippen molar-refractivity contribution in [3.05, 3.63) is 35.0 Å². The van der Waals surface area contributed by atoms with Crippen LogP contribution in [0.1, 0.15) is 15.4 Å². The second-order valence-corrected chi connectivity index (χ2v) is 5.26. The molecular weight excluding hydrogens is 262 g/mol.